The predicted octanol–water partition coefficient (Wildman–Crippen LogP) is 3.75. The van der Waals surface area contributed by atoms with Crippen LogP contribution in [-0.4, -0.2) is 26.4 Å². The number of hydrogen-bond acceptors (Lipinski definition) is 3. The maximum atomic E-state index is 12.9. The van der Waals surface area contributed by atoms with E-state index in [1.54, 1.807) is 0 Å². The van der Waals surface area contributed by atoms with E-state index in [9.17, 15) is 4.79 Å². The molecule has 6 rings (SSSR count). The summed E-state index contributed by atoms with van der Waals surface area (Å²) >= 11 is 0. The third kappa shape index (κ3) is 2.22. The Hall–Kier alpha value is -2.95. The van der Waals surface area contributed by atoms with Gasteiger partial charge < -0.3 is 10.3 Å². The lowest BCUT2D eigenvalue weighted by molar-refractivity contribution is 0.0793. The van der Waals surface area contributed by atoms with Gasteiger partial charge in [-0.15, -0.1) is 0 Å². The number of aromatic amines is 1. The minimum Gasteiger partial charge on any atom is -0.357 e. The molecule has 4 heterocycles. The Labute approximate surface area is 163 Å². The number of rotatable bonds is 1. The monoisotopic (exact) mass is 370 g/mol. The van der Waals surface area contributed by atoms with E-state index in [0.29, 0.717) is 0 Å². The molecule has 0 bridgehead atoms. The Bertz CT molecular complexity index is 1120. The van der Waals surface area contributed by atoms with Crippen LogP contribution in [0.1, 0.15) is 52.1 Å². The number of hydrogen-bond donors (Lipinski definition) is 2. The highest BCUT2D eigenvalue weighted by atomic mass is 16.2. The van der Waals surface area contributed by atoms with Crippen LogP contribution in [0.15, 0.2) is 30.6 Å². The van der Waals surface area contributed by atoms with Crippen LogP contribution >= 0.6 is 0 Å². The van der Waals surface area contributed by atoms with E-state index >= 15 is 0 Å². The molecule has 28 heavy (non-hydrogen) atoms. The molecule has 0 atom stereocenters. The van der Waals surface area contributed by atoms with Crippen LogP contribution in [-0.2, 0) is 19.3 Å². The molecule has 3 aromatic heterocycles. The minimum absolute atomic E-state index is 0.00265. The van der Waals surface area contributed by atoms with Gasteiger partial charge in [-0.2, -0.15) is 0 Å². The van der Waals surface area contributed by atoms with Gasteiger partial charge in [0.2, 0.25) is 0 Å². The molecule has 1 saturated carbocycles. The molecule has 5 nitrogen and oxygen atoms in total. The summed E-state index contributed by atoms with van der Waals surface area (Å²) in [7, 11) is 0. The molecule has 5 heteroatoms. The quantitative estimate of drug-likeness (QED) is 0.685. The smallest absolute Gasteiger partial charge is 0.253 e. The lowest BCUT2D eigenvalue weighted by Crippen LogP contribution is -2.57. The highest BCUT2D eigenvalue weighted by Gasteiger charge is 2.45. The third-order valence-corrected chi connectivity index (χ3v) is 6.72. The molecular formula is C23H22N4O. The summed E-state index contributed by atoms with van der Waals surface area (Å²) in [5.41, 5.74) is 9.66. The summed E-state index contributed by atoms with van der Waals surface area (Å²) in [6.45, 7) is 1.99. The van der Waals surface area contributed by atoms with Crippen LogP contribution in [0.4, 0.5) is 0 Å². The van der Waals surface area contributed by atoms with Crippen molar-refractivity contribution in [1.29, 1.82) is 0 Å². The normalized spacial score (nSPS) is 18.7. The second-order valence-corrected chi connectivity index (χ2v) is 8.51. The van der Waals surface area contributed by atoms with E-state index in [1.165, 1.54) is 23.1 Å². The number of fused-ring (bicyclic) bond motifs is 5. The summed E-state index contributed by atoms with van der Waals surface area (Å²) in [4.78, 5) is 25.6. The zero-order chi connectivity index (χ0) is 18.9. The van der Waals surface area contributed by atoms with Crippen LogP contribution in [0.5, 0.6) is 0 Å². The molecule has 0 aromatic carbocycles. The van der Waals surface area contributed by atoms with Crippen LogP contribution in [0.3, 0.4) is 0 Å². The average Bonchev–Trinajstić information content (AvgIpc) is 3.06. The van der Waals surface area contributed by atoms with Gasteiger partial charge in [0.15, 0.2) is 0 Å². The largest absolute Gasteiger partial charge is 0.357 e. The third-order valence-electron chi connectivity index (χ3n) is 6.72. The fourth-order valence-corrected chi connectivity index (χ4v) is 5.03. The number of carbonyl (C=O) groups is 1. The van der Waals surface area contributed by atoms with Crippen LogP contribution in [0.25, 0.3) is 22.5 Å². The maximum Gasteiger partial charge on any atom is 0.253 e. The van der Waals surface area contributed by atoms with Crippen molar-refractivity contribution in [2.45, 2.75) is 51.0 Å². The van der Waals surface area contributed by atoms with E-state index in [-0.39, 0.29) is 11.4 Å². The molecule has 1 fully saturated rings. The molecule has 2 aliphatic carbocycles. The second kappa shape index (κ2) is 5.53. The van der Waals surface area contributed by atoms with E-state index in [4.69, 9.17) is 0 Å². The standard InChI is InChI=1S/C23H22N4O/c1-13-3-4-15(12-24-13)18-9-17-14(11-25-18)5-6-16-20-19(26-21(16)17)10-23(7-2-8-23)27-22(20)28/h3-4,9,11-12,26H,2,5-8,10H2,1H3,(H,27,28). The first-order valence-electron chi connectivity index (χ1n) is 10.1. The van der Waals surface area contributed by atoms with Crippen molar-refractivity contribution in [3.05, 3.63) is 58.7 Å². The number of aryl methyl sites for hydroxylation is 2. The highest BCUT2D eigenvalue weighted by molar-refractivity contribution is 6.01. The molecule has 0 unspecified atom stereocenters. The Morgan fingerprint density at radius 1 is 1.11 bits per heavy atom. The van der Waals surface area contributed by atoms with Gasteiger partial charge in [-0.25, -0.2) is 0 Å². The van der Waals surface area contributed by atoms with Crippen molar-refractivity contribution in [2.24, 2.45) is 0 Å². The lowest BCUT2D eigenvalue weighted by Gasteiger charge is -2.45. The summed E-state index contributed by atoms with van der Waals surface area (Å²) in [5, 5.41) is 3.31. The van der Waals surface area contributed by atoms with Crippen molar-refractivity contribution < 1.29 is 4.79 Å². The summed E-state index contributed by atoms with van der Waals surface area (Å²) in [6.07, 6.45) is 9.99. The Morgan fingerprint density at radius 3 is 2.75 bits per heavy atom. The van der Waals surface area contributed by atoms with Crippen LogP contribution < -0.4 is 5.32 Å². The van der Waals surface area contributed by atoms with Gasteiger partial charge in [0.1, 0.15) is 0 Å². The van der Waals surface area contributed by atoms with Crippen molar-refractivity contribution >= 4 is 5.91 Å². The number of aromatic nitrogens is 3. The molecule has 140 valence electrons. The highest BCUT2D eigenvalue weighted by Crippen LogP contribution is 2.43. The van der Waals surface area contributed by atoms with Gasteiger partial charge in [0.25, 0.3) is 5.91 Å². The predicted molar refractivity (Wildman–Crippen MR) is 107 cm³/mol. The van der Waals surface area contributed by atoms with E-state index in [0.717, 1.165) is 66.0 Å². The topological polar surface area (TPSA) is 70.7 Å². The summed E-state index contributed by atoms with van der Waals surface area (Å²) < 4.78 is 0. The van der Waals surface area contributed by atoms with Crippen molar-refractivity contribution in [3.63, 3.8) is 0 Å². The fraction of sp³-hybridized carbons (Fsp3) is 0.348. The molecule has 1 spiro atoms. The van der Waals surface area contributed by atoms with E-state index in [2.05, 4.69) is 32.4 Å². The number of carbonyl (C=O) groups excluding carboxylic acids is 1. The van der Waals surface area contributed by atoms with Gasteiger partial charge in [-0.1, -0.05) is 0 Å². The zero-order valence-electron chi connectivity index (χ0n) is 15.9. The molecule has 1 amide bonds. The van der Waals surface area contributed by atoms with E-state index in [1.807, 2.05) is 25.4 Å². The van der Waals surface area contributed by atoms with E-state index < -0.39 is 0 Å². The number of amides is 1. The summed E-state index contributed by atoms with van der Waals surface area (Å²) in [5.74, 6) is 0.110. The molecule has 0 saturated heterocycles. The minimum atomic E-state index is -0.00265. The lowest BCUT2D eigenvalue weighted by atomic mass is 9.71. The van der Waals surface area contributed by atoms with Crippen molar-refractivity contribution in [2.75, 3.05) is 0 Å². The Kier molecular flexibility index (Phi) is 3.17. The molecular weight excluding hydrogens is 348 g/mol. The molecule has 0 radical (unpaired) electrons. The number of pyridine rings is 2. The first-order valence-corrected chi connectivity index (χ1v) is 10.1. The SMILES string of the molecule is Cc1ccc(-c2cc3c(cn2)CCc2c-3[nH]c3c2C(=O)NC2(CCC2)C3)cn1. The Balaban J connectivity index is 1.47. The molecule has 1 aliphatic heterocycles. The van der Waals surface area contributed by atoms with Crippen molar-refractivity contribution in [1.82, 2.24) is 20.3 Å². The molecule has 3 aromatic rings. The average molecular weight is 370 g/mol. The maximum absolute atomic E-state index is 12.9. The van der Waals surface area contributed by atoms with Gasteiger partial charge in [0.05, 0.1) is 17.0 Å². The first-order chi connectivity index (χ1) is 13.6. The van der Waals surface area contributed by atoms with Gasteiger partial charge in [-0.3, -0.25) is 14.8 Å². The second-order valence-electron chi connectivity index (χ2n) is 8.51. The van der Waals surface area contributed by atoms with Crippen LogP contribution in [0, 0.1) is 6.92 Å². The molecule has 3 aliphatic rings. The van der Waals surface area contributed by atoms with Gasteiger partial charge >= 0.3 is 0 Å². The number of H-pyrrole nitrogens is 1. The first kappa shape index (κ1) is 16.0. The molecule has 2 N–H and O–H groups in total. The van der Waals surface area contributed by atoms with Gasteiger partial charge in [0, 0.05) is 46.9 Å². The van der Waals surface area contributed by atoms with Crippen LogP contribution in [0.2, 0.25) is 0 Å². The number of nitrogens with one attached hydrogen (secondary N) is 2. The zero-order valence-corrected chi connectivity index (χ0v) is 15.9. The summed E-state index contributed by atoms with van der Waals surface area (Å²) in [6, 6.07) is 6.23. The van der Waals surface area contributed by atoms with Gasteiger partial charge in [-0.05, 0) is 68.4 Å². The Morgan fingerprint density at radius 2 is 2.00 bits per heavy atom. The van der Waals surface area contributed by atoms with Crippen molar-refractivity contribution in [3.8, 4) is 22.5 Å². The number of nitrogens with zero attached hydrogens (tertiary/aromatic N) is 2. The fourth-order valence-electron chi connectivity index (χ4n) is 5.03.